The Bertz CT molecular complexity index is 325. The SMILES string of the molecule is CCNCCNC(=O)C(CC(C)C)NC(=O)OC(C)(C)C. The van der Waals surface area contributed by atoms with Crippen LogP contribution in [0.15, 0.2) is 0 Å². The molecule has 1 unspecified atom stereocenters. The fourth-order valence-electron chi connectivity index (χ4n) is 1.73. The molecule has 2 amide bonds. The van der Waals surface area contributed by atoms with E-state index in [0.29, 0.717) is 25.4 Å². The molecule has 0 aliphatic carbocycles. The summed E-state index contributed by atoms with van der Waals surface area (Å²) in [4.78, 5) is 23.9. The zero-order valence-electron chi connectivity index (χ0n) is 14.2. The van der Waals surface area contributed by atoms with E-state index >= 15 is 0 Å². The van der Waals surface area contributed by atoms with Crippen LogP contribution in [-0.2, 0) is 9.53 Å². The van der Waals surface area contributed by atoms with Gasteiger partial charge in [0.2, 0.25) is 5.91 Å². The number of carbonyl (C=O) groups excluding carboxylic acids is 2. The standard InChI is InChI=1S/C15H31N3O3/c1-7-16-8-9-17-13(19)12(10-11(2)3)18-14(20)21-15(4,5)6/h11-12,16H,7-10H2,1-6H3,(H,17,19)(H,18,20). The number of likely N-dealkylation sites (N-methyl/N-ethyl adjacent to an activating group) is 1. The minimum Gasteiger partial charge on any atom is -0.444 e. The average Bonchev–Trinajstić information content (AvgIpc) is 2.30. The summed E-state index contributed by atoms with van der Waals surface area (Å²) in [7, 11) is 0. The minimum atomic E-state index is -0.575. The van der Waals surface area contributed by atoms with Crippen molar-refractivity contribution >= 4 is 12.0 Å². The molecule has 0 aromatic carbocycles. The molecule has 0 aliphatic rings. The van der Waals surface area contributed by atoms with E-state index in [9.17, 15) is 9.59 Å². The van der Waals surface area contributed by atoms with Crippen molar-refractivity contribution in [1.29, 1.82) is 0 Å². The van der Waals surface area contributed by atoms with Gasteiger partial charge in [0.15, 0.2) is 0 Å². The van der Waals surface area contributed by atoms with Gasteiger partial charge >= 0.3 is 6.09 Å². The summed E-state index contributed by atoms with van der Waals surface area (Å²) in [6.45, 7) is 13.5. The topological polar surface area (TPSA) is 79.5 Å². The second-order valence-electron chi connectivity index (χ2n) is 6.47. The zero-order chi connectivity index (χ0) is 16.5. The molecule has 0 heterocycles. The molecule has 0 saturated carbocycles. The van der Waals surface area contributed by atoms with E-state index in [2.05, 4.69) is 16.0 Å². The van der Waals surface area contributed by atoms with Crippen LogP contribution in [0.25, 0.3) is 0 Å². The highest BCUT2D eigenvalue weighted by Crippen LogP contribution is 2.09. The second-order valence-corrected chi connectivity index (χ2v) is 6.47. The molecule has 6 heteroatoms. The molecule has 0 aromatic heterocycles. The van der Waals surface area contributed by atoms with Crippen molar-refractivity contribution in [2.45, 2.75) is 59.6 Å². The average molecular weight is 301 g/mol. The van der Waals surface area contributed by atoms with E-state index in [1.54, 1.807) is 20.8 Å². The summed E-state index contributed by atoms with van der Waals surface area (Å²) in [6.07, 6.45) is 0.0155. The molecular weight excluding hydrogens is 270 g/mol. The van der Waals surface area contributed by atoms with Crippen molar-refractivity contribution in [3.05, 3.63) is 0 Å². The highest BCUT2D eigenvalue weighted by atomic mass is 16.6. The summed E-state index contributed by atoms with van der Waals surface area (Å²) >= 11 is 0. The lowest BCUT2D eigenvalue weighted by Crippen LogP contribution is -2.49. The second kappa shape index (κ2) is 9.60. The first-order chi connectivity index (χ1) is 9.65. The third kappa shape index (κ3) is 11.1. The number of amides is 2. The zero-order valence-corrected chi connectivity index (χ0v) is 14.2. The quantitative estimate of drug-likeness (QED) is 0.596. The fraction of sp³-hybridized carbons (Fsp3) is 0.867. The molecule has 0 saturated heterocycles. The van der Waals surface area contributed by atoms with Crippen LogP contribution in [-0.4, -0.2) is 43.3 Å². The Labute approximate surface area is 128 Å². The van der Waals surface area contributed by atoms with Crippen LogP contribution in [0, 0.1) is 5.92 Å². The number of ether oxygens (including phenoxy) is 1. The van der Waals surface area contributed by atoms with Gasteiger partial charge in [0.05, 0.1) is 0 Å². The maximum atomic E-state index is 12.1. The Morgan fingerprint density at radius 3 is 2.24 bits per heavy atom. The predicted molar refractivity (Wildman–Crippen MR) is 84.2 cm³/mol. The normalized spacial score (nSPS) is 12.9. The van der Waals surface area contributed by atoms with Gasteiger partial charge in [-0.3, -0.25) is 4.79 Å². The van der Waals surface area contributed by atoms with Crippen molar-refractivity contribution < 1.29 is 14.3 Å². The molecule has 0 spiro atoms. The van der Waals surface area contributed by atoms with E-state index in [4.69, 9.17) is 4.74 Å². The lowest BCUT2D eigenvalue weighted by Gasteiger charge is -2.24. The van der Waals surface area contributed by atoms with Crippen molar-refractivity contribution in [1.82, 2.24) is 16.0 Å². The van der Waals surface area contributed by atoms with E-state index < -0.39 is 17.7 Å². The molecule has 0 radical (unpaired) electrons. The maximum Gasteiger partial charge on any atom is 0.408 e. The third-order valence-electron chi connectivity index (χ3n) is 2.57. The maximum absolute atomic E-state index is 12.1. The van der Waals surface area contributed by atoms with Crippen LogP contribution >= 0.6 is 0 Å². The van der Waals surface area contributed by atoms with Crippen LogP contribution in [0.3, 0.4) is 0 Å². The summed E-state index contributed by atoms with van der Waals surface area (Å²) in [5, 5.41) is 8.60. The molecule has 21 heavy (non-hydrogen) atoms. The highest BCUT2D eigenvalue weighted by molar-refractivity contribution is 5.85. The molecule has 3 N–H and O–H groups in total. The first-order valence-corrected chi connectivity index (χ1v) is 7.63. The van der Waals surface area contributed by atoms with Gasteiger partial charge in [0.25, 0.3) is 0 Å². The van der Waals surface area contributed by atoms with Crippen molar-refractivity contribution in [3.63, 3.8) is 0 Å². The lowest BCUT2D eigenvalue weighted by molar-refractivity contribution is -0.123. The van der Waals surface area contributed by atoms with Gasteiger partial charge in [-0.05, 0) is 39.7 Å². The Balaban J connectivity index is 4.43. The molecule has 0 rings (SSSR count). The molecule has 1 atom stereocenters. The number of nitrogens with one attached hydrogen (secondary N) is 3. The van der Waals surface area contributed by atoms with Gasteiger partial charge in [0, 0.05) is 13.1 Å². The Kier molecular flexibility index (Phi) is 9.01. The molecular formula is C15H31N3O3. The van der Waals surface area contributed by atoms with Gasteiger partial charge < -0.3 is 20.7 Å². The molecule has 0 aliphatic heterocycles. The van der Waals surface area contributed by atoms with E-state index in [1.807, 2.05) is 20.8 Å². The third-order valence-corrected chi connectivity index (χ3v) is 2.57. The monoisotopic (exact) mass is 301 g/mol. The molecule has 0 aromatic rings. The predicted octanol–water partition coefficient (Wildman–Crippen LogP) is 1.65. The van der Waals surface area contributed by atoms with E-state index in [1.165, 1.54) is 0 Å². The van der Waals surface area contributed by atoms with Gasteiger partial charge in [-0.15, -0.1) is 0 Å². The number of rotatable bonds is 8. The van der Waals surface area contributed by atoms with Gasteiger partial charge in [-0.1, -0.05) is 20.8 Å². The molecule has 6 nitrogen and oxygen atoms in total. The van der Waals surface area contributed by atoms with Crippen molar-refractivity contribution in [3.8, 4) is 0 Å². The number of alkyl carbamates (subject to hydrolysis) is 1. The van der Waals surface area contributed by atoms with Crippen LogP contribution in [0.1, 0.15) is 48.0 Å². The summed E-state index contributed by atoms with van der Waals surface area (Å²) in [5.41, 5.74) is -0.575. The van der Waals surface area contributed by atoms with E-state index in [0.717, 1.165) is 6.54 Å². The minimum absolute atomic E-state index is 0.174. The van der Waals surface area contributed by atoms with Crippen LogP contribution in [0.5, 0.6) is 0 Å². The van der Waals surface area contributed by atoms with Crippen molar-refractivity contribution in [2.75, 3.05) is 19.6 Å². The summed E-state index contributed by atoms with van der Waals surface area (Å²) in [5.74, 6) is 0.122. The van der Waals surface area contributed by atoms with Gasteiger partial charge in [-0.2, -0.15) is 0 Å². The Morgan fingerprint density at radius 2 is 1.76 bits per heavy atom. The van der Waals surface area contributed by atoms with Crippen LogP contribution in [0.4, 0.5) is 4.79 Å². The highest BCUT2D eigenvalue weighted by Gasteiger charge is 2.24. The first kappa shape index (κ1) is 19.7. The summed E-state index contributed by atoms with van der Waals surface area (Å²) in [6, 6.07) is -0.568. The molecule has 0 bridgehead atoms. The number of hydrogen-bond donors (Lipinski definition) is 3. The van der Waals surface area contributed by atoms with Gasteiger partial charge in [-0.25, -0.2) is 4.79 Å². The largest absolute Gasteiger partial charge is 0.444 e. The Hall–Kier alpha value is -1.30. The lowest BCUT2D eigenvalue weighted by atomic mass is 10.0. The van der Waals surface area contributed by atoms with E-state index in [-0.39, 0.29) is 5.91 Å². The molecule has 0 fully saturated rings. The van der Waals surface area contributed by atoms with Crippen molar-refractivity contribution in [2.24, 2.45) is 5.92 Å². The fourth-order valence-corrected chi connectivity index (χ4v) is 1.73. The number of hydrogen-bond acceptors (Lipinski definition) is 4. The van der Waals surface area contributed by atoms with Gasteiger partial charge in [0.1, 0.15) is 11.6 Å². The van der Waals surface area contributed by atoms with Crippen LogP contribution in [0.2, 0.25) is 0 Å². The Morgan fingerprint density at radius 1 is 1.14 bits per heavy atom. The first-order valence-electron chi connectivity index (χ1n) is 7.63. The molecule has 124 valence electrons. The number of carbonyl (C=O) groups is 2. The summed E-state index contributed by atoms with van der Waals surface area (Å²) < 4.78 is 5.20. The smallest absolute Gasteiger partial charge is 0.408 e. The van der Waals surface area contributed by atoms with Crippen LogP contribution < -0.4 is 16.0 Å².